The molecule has 18 heavy (non-hydrogen) atoms. The molecule has 0 saturated carbocycles. The molecular weight excluding hydrogens is 254 g/mol. The molecule has 1 aromatic heterocycles. The molecule has 0 saturated heterocycles. The Bertz CT molecular complexity index is 456. The maximum Gasteiger partial charge on any atom is 0.178 e. The van der Waals surface area contributed by atoms with Crippen LogP contribution in [0.15, 0.2) is 17.3 Å². The number of aromatic nitrogens is 2. The molecule has 0 aromatic carbocycles. The largest absolute Gasteiger partial charge is 0.383 e. The van der Waals surface area contributed by atoms with Crippen molar-refractivity contribution >= 4 is 9.84 Å². The summed E-state index contributed by atoms with van der Waals surface area (Å²) in [4.78, 5) is 0.245. The second-order valence-electron chi connectivity index (χ2n) is 4.28. The lowest BCUT2D eigenvalue weighted by atomic mass is 10.3. The highest BCUT2D eigenvalue weighted by atomic mass is 32.2. The van der Waals surface area contributed by atoms with Crippen molar-refractivity contribution < 1.29 is 13.2 Å². The standard InChI is InChI=1S/C11H21N3O3S/c1-4-5-12-10(9-17-2)7-14-8-11(6-13-14)18(3,15)16/h6,8,10,12H,4-5,7,9H2,1-3H3. The van der Waals surface area contributed by atoms with Crippen molar-refractivity contribution in [1.29, 1.82) is 0 Å². The van der Waals surface area contributed by atoms with Crippen molar-refractivity contribution in [2.24, 2.45) is 0 Å². The maximum atomic E-state index is 11.3. The van der Waals surface area contributed by atoms with Crippen molar-refractivity contribution in [2.75, 3.05) is 26.5 Å². The topological polar surface area (TPSA) is 73.2 Å². The Labute approximate surface area is 108 Å². The van der Waals surface area contributed by atoms with Gasteiger partial charge in [-0.3, -0.25) is 4.68 Å². The van der Waals surface area contributed by atoms with Gasteiger partial charge in [0.25, 0.3) is 0 Å². The van der Waals surface area contributed by atoms with E-state index in [1.165, 1.54) is 12.5 Å². The number of nitrogens with one attached hydrogen (secondary N) is 1. The van der Waals surface area contributed by atoms with Crippen LogP contribution in [-0.4, -0.2) is 50.8 Å². The fourth-order valence-electron chi connectivity index (χ4n) is 1.59. The van der Waals surface area contributed by atoms with Crippen molar-refractivity contribution in [1.82, 2.24) is 15.1 Å². The average Bonchev–Trinajstić information content (AvgIpc) is 2.74. The van der Waals surface area contributed by atoms with Crippen LogP contribution < -0.4 is 5.32 Å². The summed E-state index contributed by atoms with van der Waals surface area (Å²) in [6.07, 6.45) is 5.13. The molecule has 6 nitrogen and oxygen atoms in total. The summed E-state index contributed by atoms with van der Waals surface area (Å²) in [7, 11) is -1.54. The molecule has 1 atom stereocenters. The van der Waals surface area contributed by atoms with E-state index in [4.69, 9.17) is 4.74 Å². The summed E-state index contributed by atoms with van der Waals surface area (Å²) in [5.41, 5.74) is 0. The second-order valence-corrected chi connectivity index (χ2v) is 6.29. The molecule has 0 aliphatic rings. The van der Waals surface area contributed by atoms with E-state index in [0.29, 0.717) is 13.2 Å². The maximum absolute atomic E-state index is 11.3. The van der Waals surface area contributed by atoms with Crippen LogP contribution in [0.4, 0.5) is 0 Å². The SMILES string of the molecule is CCCNC(COC)Cn1cc(S(C)(=O)=O)cn1. The number of sulfone groups is 1. The van der Waals surface area contributed by atoms with Gasteiger partial charge in [-0.05, 0) is 13.0 Å². The van der Waals surface area contributed by atoms with Gasteiger partial charge in [0, 0.05) is 19.6 Å². The van der Waals surface area contributed by atoms with E-state index in [1.807, 2.05) is 0 Å². The van der Waals surface area contributed by atoms with Gasteiger partial charge in [-0.1, -0.05) is 6.92 Å². The van der Waals surface area contributed by atoms with Crippen molar-refractivity contribution in [3.05, 3.63) is 12.4 Å². The predicted molar refractivity (Wildman–Crippen MR) is 69.3 cm³/mol. The molecule has 0 spiro atoms. The first-order chi connectivity index (χ1) is 8.47. The summed E-state index contributed by atoms with van der Waals surface area (Å²) in [5, 5.41) is 7.39. The predicted octanol–water partition coefficient (Wildman–Crippen LogP) is 0.301. The monoisotopic (exact) mass is 275 g/mol. The van der Waals surface area contributed by atoms with Gasteiger partial charge in [-0.2, -0.15) is 5.10 Å². The van der Waals surface area contributed by atoms with E-state index in [1.54, 1.807) is 18.0 Å². The van der Waals surface area contributed by atoms with Gasteiger partial charge in [0.15, 0.2) is 9.84 Å². The normalized spacial score (nSPS) is 13.7. The zero-order valence-electron chi connectivity index (χ0n) is 11.1. The third-order valence-electron chi connectivity index (χ3n) is 2.50. The first-order valence-corrected chi connectivity index (χ1v) is 7.81. The minimum absolute atomic E-state index is 0.127. The summed E-state index contributed by atoms with van der Waals surface area (Å²) >= 11 is 0. The number of rotatable bonds is 8. The molecule has 0 bridgehead atoms. The van der Waals surface area contributed by atoms with Crippen LogP contribution in [0.1, 0.15) is 13.3 Å². The highest BCUT2D eigenvalue weighted by Crippen LogP contribution is 2.06. The Morgan fingerprint density at radius 1 is 1.56 bits per heavy atom. The Hall–Kier alpha value is -0.920. The van der Waals surface area contributed by atoms with Crippen molar-refractivity contribution in [2.45, 2.75) is 30.8 Å². The van der Waals surface area contributed by atoms with Gasteiger partial charge < -0.3 is 10.1 Å². The smallest absolute Gasteiger partial charge is 0.178 e. The Kier molecular flexibility index (Phi) is 5.77. The molecule has 0 aliphatic heterocycles. The highest BCUT2D eigenvalue weighted by molar-refractivity contribution is 7.90. The van der Waals surface area contributed by atoms with E-state index in [9.17, 15) is 8.42 Å². The third kappa shape index (κ3) is 4.75. The molecule has 0 aliphatic carbocycles. The first kappa shape index (κ1) is 15.1. The van der Waals surface area contributed by atoms with E-state index in [2.05, 4.69) is 17.3 Å². The lowest BCUT2D eigenvalue weighted by molar-refractivity contribution is 0.157. The van der Waals surface area contributed by atoms with Crippen LogP contribution in [-0.2, 0) is 21.1 Å². The van der Waals surface area contributed by atoms with E-state index >= 15 is 0 Å². The van der Waals surface area contributed by atoms with Gasteiger partial charge >= 0.3 is 0 Å². The van der Waals surface area contributed by atoms with E-state index < -0.39 is 9.84 Å². The quantitative estimate of drug-likeness (QED) is 0.739. The summed E-state index contributed by atoms with van der Waals surface area (Å²) in [5.74, 6) is 0. The van der Waals surface area contributed by atoms with E-state index in [0.717, 1.165) is 13.0 Å². The summed E-state index contributed by atoms with van der Waals surface area (Å²) < 4.78 is 29.4. The van der Waals surface area contributed by atoms with E-state index in [-0.39, 0.29) is 10.9 Å². The first-order valence-electron chi connectivity index (χ1n) is 5.92. The fraction of sp³-hybridized carbons (Fsp3) is 0.727. The zero-order valence-corrected chi connectivity index (χ0v) is 11.9. The van der Waals surface area contributed by atoms with Crippen molar-refractivity contribution in [3.8, 4) is 0 Å². The Balaban J connectivity index is 2.66. The fourth-order valence-corrected chi connectivity index (χ4v) is 2.14. The lowest BCUT2D eigenvalue weighted by Crippen LogP contribution is -2.37. The van der Waals surface area contributed by atoms with Crippen LogP contribution in [0.2, 0.25) is 0 Å². The van der Waals surface area contributed by atoms with Gasteiger partial charge in [0.05, 0.1) is 25.4 Å². The molecular formula is C11H21N3O3S. The van der Waals surface area contributed by atoms with Crippen LogP contribution >= 0.6 is 0 Å². The summed E-state index contributed by atoms with van der Waals surface area (Å²) in [6, 6.07) is 0.127. The average molecular weight is 275 g/mol. The number of ether oxygens (including phenoxy) is 1. The van der Waals surface area contributed by atoms with Gasteiger partial charge in [0.1, 0.15) is 4.90 Å². The molecule has 0 radical (unpaired) electrons. The zero-order chi connectivity index (χ0) is 13.6. The van der Waals surface area contributed by atoms with Gasteiger partial charge in [-0.25, -0.2) is 8.42 Å². The minimum Gasteiger partial charge on any atom is -0.383 e. The van der Waals surface area contributed by atoms with Crippen LogP contribution in [0.5, 0.6) is 0 Å². The number of hydrogen-bond acceptors (Lipinski definition) is 5. The molecule has 0 amide bonds. The molecule has 1 N–H and O–H groups in total. The second kappa shape index (κ2) is 6.86. The van der Waals surface area contributed by atoms with Gasteiger partial charge in [-0.15, -0.1) is 0 Å². The molecule has 0 fully saturated rings. The molecule has 104 valence electrons. The number of nitrogens with zero attached hydrogens (tertiary/aromatic N) is 2. The molecule has 1 rings (SSSR count). The van der Waals surface area contributed by atoms with Gasteiger partial charge in [0.2, 0.25) is 0 Å². The number of hydrogen-bond donors (Lipinski definition) is 1. The van der Waals surface area contributed by atoms with Crippen LogP contribution in [0.3, 0.4) is 0 Å². The third-order valence-corrected chi connectivity index (χ3v) is 3.56. The van der Waals surface area contributed by atoms with Crippen molar-refractivity contribution in [3.63, 3.8) is 0 Å². The molecule has 1 aromatic rings. The molecule has 7 heteroatoms. The Morgan fingerprint density at radius 3 is 2.78 bits per heavy atom. The van der Waals surface area contributed by atoms with Crippen LogP contribution in [0, 0.1) is 0 Å². The minimum atomic E-state index is -3.18. The summed E-state index contributed by atoms with van der Waals surface area (Å²) in [6.45, 7) is 4.14. The Morgan fingerprint density at radius 2 is 2.28 bits per heavy atom. The lowest BCUT2D eigenvalue weighted by Gasteiger charge is -2.17. The van der Waals surface area contributed by atoms with Crippen LogP contribution in [0.25, 0.3) is 0 Å². The highest BCUT2D eigenvalue weighted by Gasteiger charge is 2.13. The number of methoxy groups -OCH3 is 1. The molecule has 1 unspecified atom stereocenters. The molecule has 1 heterocycles.